The number of carbonyl (C=O) groups excluding carboxylic acids is 1. The van der Waals surface area contributed by atoms with Crippen LogP contribution in [0.2, 0.25) is 0 Å². The Hall–Kier alpha value is -3.72. The van der Waals surface area contributed by atoms with Gasteiger partial charge in [0.1, 0.15) is 5.82 Å². The molecule has 0 aliphatic heterocycles. The minimum Gasteiger partial charge on any atom is -0.467 e. The van der Waals surface area contributed by atoms with E-state index in [0.717, 1.165) is 47.2 Å². The smallest absolute Gasteiger partial charge is 0.255 e. The first-order valence-corrected chi connectivity index (χ1v) is 10.4. The first kappa shape index (κ1) is 22.0. The number of aryl methyl sites for hydroxylation is 2. The van der Waals surface area contributed by atoms with Gasteiger partial charge in [-0.2, -0.15) is 10.2 Å². The van der Waals surface area contributed by atoms with E-state index in [1.165, 1.54) is 0 Å². The van der Waals surface area contributed by atoms with Gasteiger partial charge in [0.25, 0.3) is 5.91 Å². The number of hydrogen-bond acceptors (Lipinski definition) is 5. The number of amides is 1. The number of carbonyl (C=O) groups is 1. The van der Waals surface area contributed by atoms with Gasteiger partial charge in [0.05, 0.1) is 17.3 Å². The Kier molecular flexibility index (Phi) is 7.34. The molecule has 3 aromatic rings. The maximum absolute atomic E-state index is 11.2. The fraction of sp³-hybridized carbons (Fsp3) is 0.280. The number of unbranched alkanes of at least 4 members (excludes halogenated alkanes) is 1. The molecule has 1 aromatic heterocycles. The molecule has 1 amide bonds. The van der Waals surface area contributed by atoms with Gasteiger partial charge in [0.2, 0.25) is 5.88 Å². The molecule has 0 radical (unpaired) electrons. The lowest BCUT2D eigenvalue weighted by atomic mass is 9.96. The number of hydrogen-bond donors (Lipinski definition) is 1. The number of benzene rings is 2. The molecular weight excluding hydrogens is 388 g/mol. The summed E-state index contributed by atoms with van der Waals surface area (Å²) >= 11 is 0. The van der Waals surface area contributed by atoms with Crippen LogP contribution in [0.3, 0.4) is 0 Å². The van der Waals surface area contributed by atoms with E-state index in [-0.39, 0.29) is 6.61 Å². The van der Waals surface area contributed by atoms with Gasteiger partial charge in [-0.1, -0.05) is 55.8 Å². The SMILES string of the molecule is CCCCc1nc(C)nc(OCC(N)=O)c1Cc1ccc(-c2ccccc2C#N)cc1. The van der Waals surface area contributed by atoms with E-state index >= 15 is 0 Å². The zero-order valence-corrected chi connectivity index (χ0v) is 17.9. The zero-order chi connectivity index (χ0) is 22.2. The van der Waals surface area contributed by atoms with Gasteiger partial charge >= 0.3 is 0 Å². The van der Waals surface area contributed by atoms with Crippen molar-refractivity contribution in [2.75, 3.05) is 6.61 Å². The van der Waals surface area contributed by atoms with Crippen LogP contribution in [-0.2, 0) is 17.6 Å². The number of ether oxygens (including phenoxy) is 1. The van der Waals surface area contributed by atoms with Crippen LogP contribution in [0.5, 0.6) is 5.88 Å². The second-order valence-electron chi connectivity index (χ2n) is 7.39. The lowest BCUT2D eigenvalue weighted by Gasteiger charge is -2.15. The van der Waals surface area contributed by atoms with Crippen LogP contribution in [-0.4, -0.2) is 22.5 Å². The van der Waals surface area contributed by atoms with Gasteiger partial charge in [0, 0.05) is 12.0 Å². The predicted molar refractivity (Wildman–Crippen MR) is 119 cm³/mol. The van der Waals surface area contributed by atoms with E-state index in [0.29, 0.717) is 23.7 Å². The molecule has 6 heteroatoms. The second-order valence-corrected chi connectivity index (χ2v) is 7.39. The number of rotatable bonds is 9. The Labute approximate surface area is 182 Å². The predicted octanol–water partition coefficient (Wildman–Crippen LogP) is 4.12. The molecule has 0 atom stereocenters. The lowest BCUT2D eigenvalue weighted by molar-refractivity contribution is -0.120. The largest absolute Gasteiger partial charge is 0.467 e. The summed E-state index contributed by atoms with van der Waals surface area (Å²) in [5.74, 6) is 0.479. The Morgan fingerprint density at radius 3 is 2.55 bits per heavy atom. The number of nitrogens with two attached hydrogens (primary N) is 1. The average Bonchev–Trinajstić information content (AvgIpc) is 2.78. The molecule has 2 aromatic carbocycles. The van der Waals surface area contributed by atoms with Gasteiger partial charge in [0.15, 0.2) is 6.61 Å². The topological polar surface area (TPSA) is 102 Å². The highest BCUT2D eigenvalue weighted by atomic mass is 16.5. The molecule has 0 saturated heterocycles. The van der Waals surface area contributed by atoms with Crippen molar-refractivity contribution < 1.29 is 9.53 Å². The summed E-state index contributed by atoms with van der Waals surface area (Å²) in [4.78, 5) is 20.3. The van der Waals surface area contributed by atoms with Gasteiger partial charge in [-0.05, 0) is 42.5 Å². The van der Waals surface area contributed by atoms with E-state index in [1.807, 2.05) is 55.5 Å². The summed E-state index contributed by atoms with van der Waals surface area (Å²) in [5.41, 5.74) is 10.7. The second kappa shape index (κ2) is 10.4. The monoisotopic (exact) mass is 414 g/mol. The van der Waals surface area contributed by atoms with Crippen molar-refractivity contribution in [2.45, 2.75) is 39.5 Å². The van der Waals surface area contributed by atoms with Gasteiger partial charge in [-0.25, -0.2) is 4.98 Å². The van der Waals surface area contributed by atoms with Gasteiger partial charge in [-0.3, -0.25) is 4.79 Å². The summed E-state index contributed by atoms with van der Waals surface area (Å²) in [7, 11) is 0. The van der Waals surface area contributed by atoms with Crippen molar-refractivity contribution >= 4 is 5.91 Å². The molecule has 2 N–H and O–H groups in total. The van der Waals surface area contributed by atoms with Crippen molar-refractivity contribution in [1.82, 2.24) is 9.97 Å². The van der Waals surface area contributed by atoms with Crippen LogP contribution in [0.25, 0.3) is 11.1 Å². The summed E-state index contributed by atoms with van der Waals surface area (Å²) in [6.07, 6.45) is 3.44. The fourth-order valence-electron chi connectivity index (χ4n) is 3.45. The summed E-state index contributed by atoms with van der Waals surface area (Å²) in [6, 6.07) is 17.9. The summed E-state index contributed by atoms with van der Waals surface area (Å²) < 4.78 is 5.63. The Morgan fingerprint density at radius 2 is 1.87 bits per heavy atom. The normalized spacial score (nSPS) is 10.5. The molecule has 6 nitrogen and oxygen atoms in total. The van der Waals surface area contributed by atoms with Crippen LogP contribution in [0.1, 0.15) is 48.0 Å². The molecule has 0 aliphatic rings. The third-order valence-electron chi connectivity index (χ3n) is 4.98. The lowest BCUT2D eigenvalue weighted by Crippen LogP contribution is -2.21. The third-order valence-corrected chi connectivity index (χ3v) is 4.98. The van der Waals surface area contributed by atoms with Crippen LogP contribution >= 0.6 is 0 Å². The molecule has 0 bridgehead atoms. The first-order chi connectivity index (χ1) is 15.0. The molecule has 3 rings (SSSR count). The quantitative estimate of drug-likeness (QED) is 0.567. The van der Waals surface area contributed by atoms with Gasteiger partial charge in [-0.15, -0.1) is 0 Å². The van der Waals surface area contributed by atoms with Crippen molar-refractivity contribution in [1.29, 1.82) is 5.26 Å². The van der Waals surface area contributed by atoms with E-state index < -0.39 is 5.91 Å². The van der Waals surface area contributed by atoms with E-state index in [9.17, 15) is 10.1 Å². The van der Waals surface area contributed by atoms with Crippen LogP contribution in [0, 0.1) is 18.3 Å². The highest BCUT2D eigenvalue weighted by Gasteiger charge is 2.16. The van der Waals surface area contributed by atoms with Crippen molar-refractivity contribution in [2.24, 2.45) is 5.73 Å². The van der Waals surface area contributed by atoms with E-state index in [1.54, 1.807) is 0 Å². The van der Waals surface area contributed by atoms with Crippen molar-refractivity contribution in [3.05, 3.63) is 76.7 Å². The number of primary amides is 1. The Morgan fingerprint density at radius 1 is 1.13 bits per heavy atom. The summed E-state index contributed by atoms with van der Waals surface area (Å²) in [6.45, 7) is 3.73. The molecule has 0 unspecified atom stereocenters. The number of nitriles is 1. The molecule has 31 heavy (non-hydrogen) atoms. The van der Waals surface area contributed by atoms with Crippen LogP contribution in [0.15, 0.2) is 48.5 Å². The molecule has 0 saturated carbocycles. The Balaban J connectivity index is 1.93. The maximum Gasteiger partial charge on any atom is 0.255 e. The third kappa shape index (κ3) is 5.67. The van der Waals surface area contributed by atoms with E-state index in [4.69, 9.17) is 10.5 Å². The van der Waals surface area contributed by atoms with Crippen molar-refractivity contribution in [3.8, 4) is 23.1 Å². The minimum atomic E-state index is -0.544. The Bertz CT molecular complexity index is 1100. The molecule has 0 aliphatic carbocycles. The first-order valence-electron chi connectivity index (χ1n) is 10.4. The molecular formula is C25H26N4O2. The number of aromatic nitrogens is 2. The highest BCUT2D eigenvalue weighted by molar-refractivity contribution is 5.75. The van der Waals surface area contributed by atoms with Crippen LogP contribution < -0.4 is 10.5 Å². The maximum atomic E-state index is 11.2. The summed E-state index contributed by atoms with van der Waals surface area (Å²) in [5, 5.41) is 9.36. The minimum absolute atomic E-state index is 0.222. The highest BCUT2D eigenvalue weighted by Crippen LogP contribution is 2.27. The molecule has 0 fully saturated rings. The van der Waals surface area contributed by atoms with E-state index in [2.05, 4.69) is 23.0 Å². The fourth-order valence-corrected chi connectivity index (χ4v) is 3.45. The zero-order valence-electron chi connectivity index (χ0n) is 17.9. The number of nitrogens with zero attached hydrogens (tertiary/aromatic N) is 3. The molecule has 0 spiro atoms. The van der Waals surface area contributed by atoms with Crippen LogP contribution in [0.4, 0.5) is 0 Å². The molecule has 1 heterocycles. The van der Waals surface area contributed by atoms with Gasteiger partial charge < -0.3 is 10.5 Å². The standard InChI is InChI=1S/C25H26N4O2/c1-3-4-9-23-22(25(29-17(2)28-23)31-16-24(27)30)14-18-10-12-19(13-11-18)21-8-6-5-7-20(21)15-26/h5-8,10-13H,3-4,9,14,16H2,1-2H3,(H2,27,30). The molecule has 158 valence electrons. The average molecular weight is 415 g/mol. The van der Waals surface area contributed by atoms with Crippen molar-refractivity contribution in [3.63, 3.8) is 0 Å².